The smallest absolute Gasteiger partial charge is 0.333 e. The topological polar surface area (TPSA) is 93.7 Å². The van der Waals surface area contributed by atoms with Gasteiger partial charge in [0.25, 0.3) is 0 Å². The summed E-state index contributed by atoms with van der Waals surface area (Å²) in [6.45, 7) is 3.26. The standard InChI is InChI=1S/C12H20N4O4/c1-9-11(16(18)19)12(14(2)13-9)15-5-3-4-10(8-15)20-7-6-17/h10,17H,3-8H2,1-2H3. The molecule has 20 heavy (non-hydrogen) atoms. The maximum Gasteiger partial charge on any atom is 0.333 e. The predicted molar refractivity (Wildman–Crippen MR) is 72.9 cm³/mol. The Bertz CT molecular complexity index is 488. The highest BCUT2D eigenvalue weighted by Crippen LogP contribution is 2.32. The Kier molecular flexibility index (Phi) is 4.56. The zero-order valence-electron chi connectivity index (χ0n) is 11.8. The molecule has 0 aromatic carbocycles. The molecule has 8 heteroatoms. The number of nitro groups is 1. The van der Waals surface area contributed by atoms with E-state index >= 15 is 0 Å². The fraction of sp³-hybridized carbons (Fsp3) is 0.750. The number of aromatic nitrogens is 2. The molecule has 8 nitrogen and oxygen atoms in total. The van der Waals surface area contributed by atoms with Gasteiger partial charge >= 0.3 is 5.69 Å². The summed E-state index contributed by atoms with van der Waals surface area (Å²) < 4.78 is 7.10. The number of anilines is 1. The molecule has 1 atom stereocenters. The van der Waals surface area contributed by atoms with Crippen LogP contribution in [0.3, 0.4) is 0 Å². The van der Waals surface area contributed by atoms with E-state index in [2.05, 4.69) is 5.10 Å². The minimum Gasteiger partial charge on any atom is -0.394 e. The molecule has 2 heterocycles. The maximum absolute atomic E-state index is 11.2. The Hall–Kier alpha value is -1.67. The SMILES string of the molecule is Cc1nn(C)c(N2CCCC(OCCO)C2)c1[N+](=O)[O-]. The van der Waals surface area contributed by atoms with Gasteiger partial charge in [0, 0.05) is 20.1 Å². The largest absolute Gasteiger partial charge is 0.394 e. The summed E-state index contributed by atoms with van der Waals surface area (Å²) >= 11 is 0. The van der Waals surface area contributed by atoms with Gasteiger partial charge in [-0.05, 0) is 19.8 Å². The summed E-state index contributed by atoms with van der Waals surface area (Å²) in [4.78, 5) is 12.8. The van der Waals surface area contributed by atoms with Gasteiger partial charge in [0.15, 0.2) is 0 Å². The van der Waals surface area contributed by atoms with E-state index in [4.69, 9.17) is 9.84 Å². The first-order valence-electron chi connectivity index (χ1n) is 6.70. The molecule has 112 valence electrons. The van der Waals surface area contributed by atoms with Crippen LogP contribution in [0.2, 0.25) is 0 Å². The van der Waals surface area contributed by atoms with Crippen LogP contribution in [0.4, 0.5) is 11.5 Å². The average Bonchev–Trinajstić information content (AvgIpc) is 2.71. The number of hydrogen-bond acceptors (Lipinski definition) is 6. The molecule has 2 rings (SSSR count). The van der Waals surface area contributed by atoms with Gasteiger partial charge in [-0.25, -0.2) is 4.68 Å². The highest BCUT2D eigenvalue weighted by Gasteiger charge is 2.31. The quantitative estimate of drug-likeness (QED) is 0.629. The van der Waals surface area contributed by atoms with Crippen molar-refractivity contribution in [3.63, 3.8) is 0 Å². The number of aliphatic hydroxyl groups excluding tert-OH is 1. The first kappa shape index (κ1) is 14.7. The molecule has 0 saturated carbocycles. The average molecular weight is 284 g/mol. The number of ether oxygens (including phenoxy) is 1. The Labute approximate surface area is 117 Å². The minimum atomic E-state index is -0.379. The highest BCUT2D eigenvalue weighted by atomic mass is 16.6. The number of piperidine rings is 1. The lowest BCUT2D eigenvalue weighted by Crippen LogP contribution is -2.41. The van der Waals surface area contributed by atoms with Crippen LogP contribution >= 0.6 is 0 Å². The van der Waals surface area contributed by atoms with Crippen LogP contribution in [-0.2, 0) is 11.8 Å². The van der Waals surface area contributed by atoms with Crippen molar-refractivity contribution in [2.45, 2.75) is 25.9 Å². The van der Waals surface area contributed by atoms with Gasteiger partial charge in [-0.3, -0.25) is 10.1 Å². The summed E-state index contributed by atoms with van der Waals surface area (Å²) in [6.07, 6.45) is 1.80. The Morgan fingerprint density at radius 1 is 1.60 bits per heavy atom. The third-order valence-corrected chi connectivity index (χ3v) is 3.47. The Morgan fingerprint density at radius 3 is 3.00 bits per heavy atom. The molecular weight excluding hydrogens is 264 g/mol. The number of hydrogen-bond donors (Lipinski definition) is 1. The molecule has 1 aliphatic rings. The Morgan fingerprint density at radius 2 is 2.35 bits per heavy atom. The molecule has 0 radical (unpaired) electrons. The second kappa shape index (κ2) is 6.19. The van der Waals surface area contributed by atoms with Crippen molar-refractivity contribution in [1.82, 2.24) is 9.78 Å². The molecular formula is C12H20N4O4. The van der Waals surface area contributed by atoms with Crippen molar-refractivity contribution >= 4 is 11.5 Å². The van der Waals surface area contributed by atoms with E-state index in [0.717, 1.165) is 19.4 Å². The number of nitrogens with zero attached hydrogens (tertiary/aromatic N) is 4. The third kappa shape index (κ3) is 2.91. The normalized spacial score (nSPS) is 19.4. The van der Waals surface area contributed by atoms with E-state index in [1.807, 2.05) is 4.90 Å². The molecule has 0 amide bonds. The van der Waals surface area contributed by atoms with E-state index in [-0.39, 0.29) is 23.3 Å². The van der Waals surface area contributed by atoms with Crippen LogP contribution in [0.1, 0.15) is 18.5 Å². The third-order valence-electron chi connectivity index (χ3n) is 3.47. The first-order chi connectivity index (χ1) is 9.54. The van der Waals surface area contributed by atoms with Crippen LogP contribution in [0, 0.1) is 17.0 Å². The lowest BCUT2D eigenvalue weighted by atomic mass is 10.1. The van der Waals surface area contributed by atoms with Crippen LogP contribution in [0.5, 0.6) is 0 Å². The molecule has 1 unspecified atom stereocenters. The van der Waals surface area contributed by atoms with Gasteiger partial charge in [-0.2, -0.15) is 5.10 Å². The van der Waals surface area contributed by atoms with Crippen LogP contribution < -0.4 is 4.90 Å². The number of aryl methyl sites for hydroxylation is 2. The zero-order chi connectivity index (χ0) is 14.7. The first-order valence-corrected chi connectivity index (χ1v) is 6.70. The molecule has 1 fully saturated rings. The molecule has 0 spiro atoms. The van der Waals surface area contributed by atoms with Gasteiger partial charge in [-0.15, -0.1) is 0 Å². The predicted octanol–water partition coefficient (Wildman–Crippen LogP) is 0.614. The summed E-state index contributed by atoms with van der Waals surface area (Å²) in [5.41, 5.74) is 0.487. The highest BCUT2D eigenvalue weighted by molar-refractivity contribution is 5.61. The van der Waals surface area contributed by atoms with E-state index in [9.17, 15) is 10.1 Å². The van der Waals surface area contributed by atoms with Crippen LogP contribution in [0.25, 0.3) is 0 Å². The van der Waals surface area contributed by atoms with Crippen molar-refractivity contribution in [3.8, 4) is 0 Å². The van der Waals surface area contributed by atoms with E-state index in [1.54, 1.807) is 18.7 Å². The molecule has 0 bridgehead atoms. The molecule has 0 aliphatic carbocycles. The second-order valence-corrected chi connectivity index (χ2v) is 4.94. The molecule has 1 aliphatic heterocycles. The fourth-order valence-corrected chi connectivity index (χ4v) is 2.69. The monoisotopic (exact) mass is 284 g/mol. The lowest BCUT2D eigenvalue weighted by Gasteiger charge is -2.33. The van der Waals surface area contributed by atoms with Crippen molar-refractivity contribution in [2.24, 2.45) is 7.05 Å². The second-order valence-electron chi connectivity index (χ2n) is 4.94. The van der Waals surface area contributed by atoms with Crippen molar-refractivity contribution in [3.05, 3.63) is 15.8 Å². The molecule has 1 aromatic rings. The summed E-state index contributed by atoms with van der Waals surface area (Å²) in [5.74, 6) is 0.532. The fourth-order valence-electron chi connectivity index (χ4n) is 2.69. The summed E-state index contributed by atoms with van der Waals surface area (Å²) in [6, 6.07) is 0. The van der Waals surface area contributed by atoms with Gasteiger partial charge < -0.3 is 14.7 Å². The zero-order valence-corrected chi connectivity index (χ0v) is 11.8. The summed E-state index contributed by atoms with van der Waals surface area (Å²) in [7, 11) is 1.72. The lowest BCUT2D eigenvalue weighted by molar-refractivity contribution is -0.384. The van der Waals surface area contributed by atoms with Gasteiger partial charge in [0.1, 0.15) is 5.69 Å². The minimum absolute atomic E-state index is 0.00860. The van der Waals surface area contributed by atoms with Crippen molar-refractivity contribution in [1.29, 1.82) is 0 Å². The summed E-state index contributed by atoms with van der Waals surface area (Å²) in [5, 5.41) is 24.2. The molecule has 1 saturated heterocycles. The van der Waals surface area contributed by atoms with Gasteiger partial charge in [0.05, 0.1) is 24.2 Å². The number of rotatable bonds is 5. The van der Waals surface area contributed by atoms with E-state index in [0.29, 0.717) is 24.7 Å². The van der Waals surface area contributed by atoms with E-state index in [1.165, 1.54) is 0 Å². The van der Waals surface area contributed by atoms with Gasteiger partial charge in [-0.1, -0.05) is 0 Å². The molecule has 1 aromatic heterocycles. The van der Waals surface area contributed by atoms with Gasteiger partial charge in [0.2, 0.25) is 5.82 Å². The maximum atomic E-state index is 11.2. The van der Waals surface area contributed by atoms with Crippen LogP contribution in [-0.4, -0.2) is 52.2 Å². The van der Waals surface area contributed by atoms with E-state index < -0.39 is 0 Å². The number of aliphatic hydroxyl groups is 1. The molecule has 1 N–H and O–H groups in total. The van der Waals surface area contributed by atoms with Crippen molar-refractivity contribution < 1.29 is 14.8 Å². The Balaban J connectivity index is 2.20. The van der Waals surface area contributed by atoms with Crippen molar-refractivity contribution in [2.75, 3.05) is 31.2 Å². The van der Waals surface area contributed by atoms with Crippen LogP contribution in [0.15, 0.2) is 0 Å².